The highest BCUT2D eigenvalue weighted by atomic mass is 16.7. The van der Waals surface area contributed by atoms with Crippen molar-refractivity contribution in [2.75, 3.05) is 54.0 Å². The van der Waals surface area contributed by atoms with Crippen LogP contribution in [-0.2, 0) is 35.7 Å². The van der Waals surface area contributed by atoms with Crippen molar-refractivity contribution >= 4 is 0 Å². The van der Waals surface area contributed by atoms with Gasteiger partial charge in [-0.1, -0.05) is 64.1 Å². The minimum Gasteiger partial charge on any atom is -0.496 e. The van der Waals surface area contributed by atoms with Crippen molar-refractivity contribution < 1.29 is 43.4 Å². The van der Waals surface area contributed by atoms with E-state index in [-0.39, 0.29) is 24.2 Å². The zero-order chi connectivity index (χ0) is 32.2. The Kier molecular flexibility index (Phi) is 10.2. The first kappa shape index (κ1) is 33.3. The van der Waals surface area contributed by atoms with Gasteiger partial charge >= 0.3 is 0 Å². The van der Waals surface area contributed by atoms with Gasteiger partial charge in [-0.05, 0) is 41.8 Å². The number of ether oxygens (including phenoxy) is 7. The summed E-state index contributed by atoms with van der Waals surface area (Å²) in [4.78, 5) is 0. The summed E-state index contributed by atoms with van der Waals surface area (Å²) in [5.74, 6) is 0.867. The highest BCUT2D eigenvalue weighted by Crippen LogP contribution is 2.47. The molecule has 45 heavy (non-hydrogen) atoms. The number of methoxy groups -OCH3 is 2. The van der Waals surface area contributed by atoms with Crippen molar-refractivity contribution in [3.8, 4) is 11.5 Å². The fourth-order valence-electron chi connectivity index (χ4n) is 5.69. The van der Waals surface area contributed by atoms with Gasteiger partial charge < -0.3 is 43.4 Å². The fraction of sp³-hybridized carbons (Fsp3) is 0.500. The molecule has 0 amide bonds. The lowest BCUT2D eigenvalue weighted by Gasteiger charge is -2.37. The smallest absolute Gasteiger partial charge is 0.188 e. The second kappa shape index (κ2) is 13.8. The van der Waals surface area contributed by atoms with Gasteiger partial charge in [0.15, 0.2) is 19.4 Å². The van der Waals surface area contributed by atoms with Gasteiger partial charge in [0, 0.05) is 46.8 Å². The molecule has 0 saturated carbocycles. The van der Waals surface area contributed by atoms with Gasteiger partial charge in [0.25, 0.3) is 0 Å². The average molecular weight is 623 g/mol. The monoisotopic (exact) mass is 622 g/mol. The molecule has 2 aliphatic rings. The Hall–Kier alpha value is -3.02. The molecule has 1 atom stereocenters. The second-order valence-corrected chi connectivity index (χ2v) is 13.4. The Morgan fingerprint density at radius 3 is 1.80 bits per heavy atom. The topological polar surface area (TPSA) is 105 Å². The average Bonchev–Trinajstić information content (AvgIpc) is 3.03. The lowest BCUT2D eigenvalue weighted by atomic mass is 9.77. The fourth-order valence-corrected chi connectivity index (χ4v) is 5.69. The SMILES string of the molecule is COCOc1ccc(C2OCC(C)(C)CO2)cc1C(O)(c1cccc(CCO)c1)c1cc(C2OCC(C)(C)CO2)ccc1OC. The van der Waals surface area contributed by atoms with Crippen LogP contribution in [0.2, 0.25) is 0 Å². The summed E-state index contributed by atoms with van der Waals surface area (Å²) < 4.78 is 41.8. The van der Waals surface area contributed by atoms with Crippen LogP contribution in [0, 0.1) is 10.8 Å². The molecule has 0 aliphatic carbocycles. The summed E-state index contributed by atoms with van der Waals surface area (Å²) in [6, 6.07) is 18.6. The Morgan fingerprint density at radius 1 is 0.756 bits per heavy atom. The van der Waals surface area contributed by atoms with E-state index in [1.165, 1.54) is 0 Å². The van der Waals surface area contributed by atoms with Crippen LogP contribution in [0.4, 0.5) is 0 Å². The summed E-state index contributed by atoms with van der Waals surface area (Å²) in [5.41, 5.74) is 1.77. The summed E-state index contributed by atoms with van der Waals surface area (Å²) in [5, 5.41) is 23.0. The van der Waals surface area contributed by atoms with E-state index in [1.807, 2.05) is 54.6 Å². The Labute approximate surface area is 265 Å². The maximum absolute atomic E-state index is 13.3. The van der Waals surface area contributed by atoms with E-state index in [0.29, 0.717) is 61.0 Å². The molecular weight excluding hydrogens is 576 g/mol. The van der Waals surface area contributed by atoms with Crippen molar-refractivity contribution in [1.82, 2.24) is 0 Å². The van der Waals surface area contributed by atoms with Crippen molar-refractivity contribution in [2.45, 2.75) is 52.3 Å². The van der Waals surface area contributed by atoms with E-state index in [4.69, 9.17) is 33.2 Å². The summed E-state index contributed by atoms with van der Waals surface area (Å²) in [6.07, 6.45) is -0.817. The summed E-state index contributed by atoms with van der Waals surface area (Å²) in [6.45, 7) is 10.4. The van der Waals surface area contributed by atoms with Gasteiger partial charge in [0.1, 0.15) is 17.1 Å². The predicted molar refractivity (Wildman–Crippen MR) is 168 cm³/mol. The molecule has 3 aromatic rings. The first-order valence-corrected chi connectivity index (χ1v) is 15.3. The van der Waals surface area contributed by atoms with Gasteiger partial charge in [-0.3, -0.25) is 0 Å². The maximum atomic E-state index is 13.3. The highest BCUT2D eigenvalue weighted by molar-refractivity contribution is 5.58. The standard InChI is InChI=1S/C36H46O9/c1-34(2)19-41-32(42-20-34)25-10-12-30(40-6)28(17-25)36(38,27-9-7-8-24(16-27)14-15-37)29-18-26(11-13-31(29)45-23-39-5)33-43-21-35(3,4)22-44-33/h7-13,16-18,32-33,37-38H,14-15,19-23H2,1-6H3. The highest BCUT2D eigenvalue weighted by Gasteiger charge is 2.41. The normalized spacial score (nSPS) is 20.0. The Morgan fingerprint density at radius 2 is 1.29 bits per heavy atom. The summed E-state index contributed by atoms with van der Waals surface area (Å²) >= 11 is 0. The summed E-state index contributed by atoms with van der Waals surface area (Å²) in [7, 11) is 3.11. The van der Waals surface area contributed by atoms with Crippen LogP contribution in [0.3, 0.4) is 0 Å². The predicted octanol–water partition coefficient (Wildman–Crippen LogP) is 5.64. The number of hydrogen-bond acceptors (Lipinski definition) is 9. The molecule has 3 aromatic carbocycles. The van der Waals surface area contributed by atoms with Crippen LogP contribution < -0.4 is 9.47 Å². The molecule has 1 unspecified atom stereocenters. The van der Waals surface area contributed by atoms with Gasteiger partial charge in [-0.25, -0.2) is 0 Å². The minimum absolute atomic E-state index is 0.0300. The molecule has 2 N–H and O–H groups in total. The molecule has 244 valence electrons. The van der Waals surface area contributed by atoms with Gasteiger partial charge in [0.2, 0.25) is 0 Å². The zero-order valence-corrected chi connectivity index (χ0v) is 27.1. The number of rotatable bonds is 11. The van der Waals surface area contributed by atoms with Crippen LogP contribution in [0.1, 0.15) is 73.7 Å². The minimum atomic E-state index is -1.81. The molecule has 2 aliphatic heterocycles. The van der Waals surface area contributed by atoms with E-state index < -0.39 is 18.2 Å². The van der Waals surface area contributed by atoms with E-state index in [1.54, 1.807) is 20.3 Å². The maximum Gasteiger partial charge on any atom is 0.188 e. The molecule has 2 heterocycles. The van der Waals surface area contributed by atoms with Crippen LogP contribution in [0.15, 0.2) is 60.7 Å². The number of aliphatic hydroxyl groups excluding tert-OH is 1. The van der Waals surface area contributed by atoms with E-state index in [0.717, 1.165) is 16.7 Å². The van der Waals surface area contributed by atoms with Crippen molar-refractivity contribution in [3.63, 3.8) is 0 Å². The first-order valence-electron chi connectivity index (χ1n) is 15.3. The molecule has 2 saturated heterocycles. The van der Waals surface area contributed by atoms with Crippen molar-refractivity contribution in [3.05, 3.63) is 94.0 Å². The third-order valence-corrected chi connectivity index (χ3v) is 8.13. The Balaban J connectivity index is 1.71. The van der Waals surface area contributed by atoms with Crippen LogP contribution in [0.5, 0.6) is 11.5 Å². The lowest BCUT2D eigenvalue weighted by Crippen LogP contribution is -2.35. The van der Waals surface area contributed by atoms with Gasteiger partial charge in [0.05, 0.1) is 33.5 Å². The quantitative estimate of drug-likeness (QED) is 0.208. The molecule has 0 spiro atoms. The second-order valence-electron chi connectivity index (χ2n) is 13.4. The number of hydrogen-bond donors (Lipinski definition) is 2. The van der Waals surface area contributed by atoms with Crippen molar-refractivity contribution in [2.24, 2.45) is 10.8 Å². The van der Waals surface area contributed by atoms with Crippen LogP contribution in [0.25, 0.3) is 0 Å². The lowest BCUT2D eigenvalue weighted by molar-refractivity contribution is -0.226. The zero-order valence-electron chi connectivity index (χ0n) is 27.1. The van der Waals surface area contributed by atoms with Crippen molar-refractivity contribution in [1.29, 1.82) is 0 Å². The first-order chi connectivity index (χ1) is 21.5. The van der Waals surface area contributed by atoms with E-state index in [2.05, 4.69) is 27.7 Å². The number of aliphatic hydroxyl groups is 2. The Bertz CT molecular complexity index is 1430. The molecule has 0 aromatic heterocycles. The molecule has 0 radical (unpaired) electrons. The molecule has 2 fully saturated rings. The number of benzene rings is 3. The van der Waals surface area contributed by atoms with Crippen LogP contribution in [-0.4, -0.2) is 64.3 Å². The largest absolute Gasteiger partial charge is 0.496 e. The van der Waals surface area contributed by atoms with Gasteiger partial charge in [-0.2, -0.15) is 0 Å². The van der Waals surface area contributed by atoms with Crippen LogP contribution >= 0.6 is 0 Å². The van der Waals surface area contributed by atoms with Gasteiger partial charge in [-0.15, -0.1) is 0 Å². The molecule has 5 rings (SSSR count). The molecular formula is C36H46O9. The molecule has 0 bridgehead atoms. The molecule has 9 heteroatoms. The van der Waals surface area contributed by atoms with E-state index >= 15 is 0 Å². The third kappa shape index (κ3) is 7.36. The van der Waals surface area contributed by atoms with E-state index in [9.17, 15) is 10.2 Å². The molecule has 9 nitrogen and oxygen atoms in total. The third-order valence-electron chi connectivity index (χ3n) is 8.13.